The SMILES string of the molecule is C=CCCCCC[C@H](NC(=O)OC1CCCC1)C(=O)OC.COC(=O)[C@H](CCCCCCCO)NC(=O)OC1CCCC1. The molecule has 248 valence electrons. The smallest absolute Gasteiger partial charge is 0.408 e. The van der Waals surface area contributed by atoms with Crippen molar-refractivity contribution in [3.63, 3.8) is 0 Å². The third kappa shape index (κ3) is 18.5. The molecule has 11 nitrogen and oxygen atoms in total. The summed E-state index contributed by atoms with van der Waals surface area (Å²) in [5.74, 6) is -0.846. The Balaban J connectivity index is 0.000000430. The summed E-state index contributed by atoms with van der Waals surface area (Å²) >= 11 is 0. The normalized spacial score (nSPS) is 16.3. The molecule has 0 heterocycles. The van der Waals surface area contributed by atoms with Gasteiger partial charge in [-0.15, -0.1) is 6.58 Å². The number of unbranched alkanes of at least 4 members (excludes halogenated alkanes) is 7. The molecule has 43 heavy (non-hydrogen) atoms. The van der Waals surface area contributed by atoms with Gasteiger partial charge >= 0.3 is 24.1 Å². The summed E-state index contributed by atoms with van der Waals surface area (Å²) < 4.78 is 20.1. The summed E-state index contributed by atoms with van der Waals surface area (Å²) in [6.45, 7) is 3.90. The number of rotatable bonds is 19. The molecule has 0 saturated heterocycles. The van der Waals surface area contributed by atoms with Gasteiger partial charge in [-0.25, -0.2) is 19.2 Å². The molecule has 2 aliphatic rings. The van der Waals surface area contributed by atoms with E-state index in [1.165, 1.54) is 14.2 Å². The maximum Gasteiger partial charge on any atom is 0.408 e. The van der Waals surface area contributed by atoms with Crippen molar-refractivity contribution in [1.29, 1.82) is 0 Å². The standard InChI is InChI=1S/C16H29NO5.C16H27NO4/c1-21-15(19)14(11-5-3-2-4-8-12-18)17-16(20)22-13-9-6-7-10-13;1-3-4-5-6-7-12-14(15(18)20-2)17-16(19)21-13-10-8-9-11-13/h13-14,18H,2-12H2,1H3,(H,17,20);3,13-14H,1,4-12H2,2H3,(H,17,19)/t2*14-/m00/s1. The molecule has 2 aliphatic carbocycles. The lowest BCUT2D eigenvalue weighted by Gasteiger charge is -2.18. The summed E-state index contributed by atoms with van der Waals surface area (Å²) in [6.07, 6.45) is 18.4. The highest BCUT2D eigenvalue weighted by Crippen LogP contribution is 2.22. The van der Waals surface area contributed by atoms with E-state index in [-0.39, 0.29) is 18.8 Å². The molecule has 2 rings (SSSR count). The van der Waals surface area contributed by atoms with Crippen molar-refractivity contribution < 1.29 is 43.2 Å². The number of hydrogen-bond donors (Lipinski definition) is 3. The van der Waals surface area contributed by atoms with Crippen molar-refractivity contribution in [1.82, 2.24) is 10.6 Å². The van der Waals surface area contributed by atoms with Gasteiger partial charge in [0, 0.05) is 6.61 Å². The minimum Gasteiger partial charge on any atom is -0.467 e. The summed E-state index contributed by atoms with van der Waals surface area (Å²) in [7, 11) is 2.65. The first-order chi connectivity index (χ1) is 20.8. The van der Waals surface area contributed by atoms with Crippen molar-refractivity contribution in [2.45, 2.75) is 146 Å². The van der Waals surface area contributed by atoms with Crippen molar-refractivity contribution in [3.8, 4) is 0 Å². The number of aliphatic hydroxyl groups excluding tert-OH is 1. The zero-order valence-electron chi connectivity index (χ0n) is 26.4. The zero-order chi connectivity index (χ0) is 31.7. The molecule has 0 unspecified atom stereocenters. The van der Waals surface area contributed by atoms with Crippen molar-refractivity contribution in [2.24, 2.45) is 0 Å². The van der Waals surface area contributed by atoms with Crippen LogP contribution in [-0.2, 0) is 28.5 Å². The predicted molar refractivity (Wildman–Crippen MR) is 163 cm³/mol. The Morgan fingerprint density at radius 2 is 1.09 bits per heavy atom. The third-order valence-electron chi connectivity index (χ3n) is 7.76. The average molecular weight is 613 g/mol. The number of amides is 2. The first-order valence-electron chi connectivity index (χ1n) is 16.2. The van der Waals surface area contributed by atoms with Gasteiger partial charge < -0.3 is 34.7 Å². The lowest BCUT2D eigenvalue weighted by atomic mass is 10.1. The summed E-state index contributed by atoms with van der Waals surface area (Å²) in [4.78, 5) is 47.1. The van der Waals surface area contributed by atoms with Crippen LogP contribution in [0.1, 0.15) is 122 Å². The minimum absolute atomic E-state index is 0.00381. The fourth-order valence-electron chi connectivity index (χ4n) is 5.25. The highest BCUT2D eigenvalue weighted by Gasteiger charge is 2.26. The molecule has 0 bridgehead atoms. The van der Waals surface area contributed by atoms with E-state index in [0.29, 0.717) is 12.8 Å². The first kappa shape index (κ1) is 38.2. The Kier molecular flexibility index (Phi) is 21.9. The number of methoxy groups -OCH3 is 2. The molecule has 11 heteroatoms. The van der Waals surface area contributed by atoms with Gasteiger partial charge in [0.15, 0.2) is 0 Å². The number of nitrogens with one attached hydrogen (secondary N) is 2. The molecule has 0 spiro atoms. The molecular weight excluding hydrogens is 556 g/mol. The Hall–Kier alpha value is -2.82. The van der Waals surface area contributed by atoms with Crippen molar-refractivity contribution in [2.75, 3.05) is 20.8 Å². The Morgan fingerprint density at radius 1 is 0.698 bits per heavy atom. The van der Waals surface area contributed by atoms with Gasteiger partial charge in [-0.1, -0.05) is 44.6 Å². The Bertz CT molecular complexity index is 796. The number of aliphatic hydroxyl groups is 1. The molecule has 2 amide bonds. The number of alkyl carbamates (subject to hydrolysis) is 2. The van der Waals surface area contributed by atoms with Crippen LogP contribution in [-0.4, -0.2) is 74.3 Å². The molecule has 2 fully saturated rings. The van der Waals surface area contributed by atoms with Gasteiger partial charge in [-0.3, -0.25) is 0 Å². The average Bonchev–Trinajstić information content (AvgIpc) is 3.71. The third-order valence-corrected chi connectivity index (χ3v) is 7.76. The van der Waals surface area contributed by atoms with E-state index >= 15 is 0 Å². The number of allylic oxidation sites excluding steroid dienone is 1. The highest BCUT2D eigenvalue weighted by atomic mass is 16.6. The molecule has 0 aromatic rings. The number of esters is 2. The summed E-state index contributed by atoms with van der Waals surface area (Å²) in [6, 6.07) is -1.26. The molecule has 0 aromatic heterocycles. The lowest BCUT2D eigenvalue weighted by Crippen LogP contribution is -2.42. The molecule has 0 aliphatic heterocycles. The number of ether oxygens (including phenoxy) is 4. The fraction of sp³-hybridized carbons (Fsp3) is 0.812. The van der Waals surface area contributed by atoms with Gasteiger partial charge in [0.1, 0.15) is 24.3 Å². The first-order valence-corrected chi connectivity index (χ1v) is 16.2. The second-order valence-corrected chi connectivity index (χ2v) is 11.3. The molecule has 3 N–H and O–H groups in total. The van der Waals surface area contributed by atoms with E-state index in [0.717, 1.165) is 109 Å². The molecule has 2 atom stereocenters. The van der Waals surface area contributed by atoms with Crippen LogP contribution >= 0.6 is 0 Å². The van der Waals surface area contributed by atoms with E-state index < -0.39 is 36.2 Å². The van der Waals surface area contributed by atoms with E-state index in [2.05, 4.69) is 17.2 Å². The second kappa shape index (κ2) is 24.6. The van der Waals surface area contributed by atoms with Crippen LogP contribution in [0, 0.1) is 0 Å². The van der Waals surface area contributed by atoms with Crippen LogP contribution in [0.25, 0.3) is 0 Å². The van der Waals surface area contributed by atoms with Gasteiger partial charge in [0.2, 0.25) is 0 Å². The van der Waals surface area contributed by atoms with Crippen LogP contribution in [0.4, 0.5) is 9.59 Å². The fourth-order valence-corrected chi connectivity index (χ4v) is 5.25. The summed E-state index contributed by atoms with van der Waals surface area (Å²) in [5.41, 5.74) is 0. The monoisotopic (exact) mass is 612 g/mol. The van der Waals surface area contributed by atoms with E-state index in [4.69, 9.17) is 24.1 Å². The number of carbonyl (C=O) groups excluding carboxylic acids is 4. The van der Waals surface area contributed by atoms with Gasteiger partial charge in [0.05, 0.1) is 14.2 Å². The number of hydrogen-bond acceptors (Lipinski definition) is 9. The van der Waals surface area contributed by atoms with Gasteiger partial charge in [-0.2, -0.15) is 0 Å². The van der Waals surface area contributed by atoms with Crippen LogP contribution < -0.4 is 10.6 Å². The largest absolute Gasteiger partial charge is 0.467 e. The lowest BCUT2D eigenvalue weighted by molar-refractivity contribution is -0.144. The quantitative estimate of drug-likeness (QED) is 0.0705. The topological polar surface area (TPSA) is 149 Å². The van der Waals surface area contributed by atoms with E-state index in [1.807, 2.05) is 6.08 Å². The van der Waals surface area contributed by atoms with E-state index in [1.54, 1.807) is 0 Å². The maximum absolute atomic E-state index is 11.8. The highest BCUT2D eigenvalue weighted by molar-refractivity contribution is 5.81. The van der Waals surface area contributed by atoms with E-state index in [9.17, 15) is 19.2 Å². The minimum atomic E-state index is -0.642. The van der Waals surface area contributed by atoms with Crippen LogP contribution in [0.3, 0.4) is 0 Å². The molecular formula is C32H56N2O9. The van der Waals surface area contributed by atoms with Crippen molar-refractivity contribution in [3.05, 3.63) is 12.7 Å². The predicted octanol–water partition coefficient (Wildman–Crippen LogP) is 5.86. The van der Waals surface area contributed by atoms with Gasteiger partial charge in [-0.05, 0) is 83.5 Å². The van der Waals surface area contributed by atoms with Crippen LogP contribution in [0.15, 0.2) is 12.7 Å². The Labute approximate surface area is 257 Å². The molecule has 2 saturated carbocycles. The maximum atomic E-state index is 11.8. The second-order valence-electron chi connectivity index (χ2n) is 11.3. The molecule has 0 aromatic carbocycles. The molecule has 0 radical (unpaired) electrons. The van der Waals surface area contributed by atoms with Crippen molar-refractivity contribution >= 4 is 24.1 Å². The number of carbonyl (C=O) groups is 4. The van der Waals surface area contributed by atoms with Crippen LogP contribution in [0.5, 0.6) is 0 Å². The van der Waals surface area contributed by atoms with Crippen LogP contribution in [0.2, 0.25) is 0 Å². The Morgan fingerprint density at radius 3 is 1.49 bits per heavy atom. The summed E-state index contributed by atoms with van der Waals surface area (Å²) in [5, 5.41) is 14.0. The zero-order valence-corrected chi connectivity index (χ0v) is 26.4. The van der Waals surface area contributed by atoms with Gasteiger partial charge in [0.25, 0.3) is 0 Å².